The first-order chi connectivity index (χ1) is 10.2. The number of rotatable bonds is 6. The van der Waals surface area contributed by atoms with Gasteiger partial charge >= 0.3 is 0 Å². The molecule has 2 rings (SSSR count). The monoisotopic (exact) mass is 305 g/mol. The van der Waals surface area contributed by atoms with Crippen LogP contribution in [0.3, 0.4) is 0 Å². The minimum atomic E-state index is 0.601. The highest BCUT2D eigenvalue weighted by molar-refractivity contribution is 6.30. The Labute approximate surface area is 130 Å². The van der Waals surface area contributed by atoms with Crippen LogP contribution in [-0.2, 0) is 6.54 Å². The van der Waals surface area contributed by atoms with Crippen LogP contribution in [0.1, 0.15) is 18.1 Å². The smallest absolute Gasteiger partial charge is 0.166 e. The number of methoxy groups -OCH3 is 1. The standard InChI is InChI=1S/C17H20ClNO2/c1-4-21-17-13(6-5-7-16(17)20-3)11-19-15-10-14(18)9-8-12(15)2/h5-10,19H,4,11H2,1-3H3. The van der Waals surface area contributed by atoms with Crippen LogP contribution < -0.4 is 14.8 Å². The van der Waals surface area contributed by atoms with E-state index in [9.17, 15) is 0 Å². The van der Waals surface area contributed by atoms with Gasteiger partial charge in [-0.05, 0) is 37.6 Å². The van der Waals surface area contributed by atoms with Gasteiger partial charge in [0.2, 0.25) is 0 Å². The maximum Gasteiger partial charge on any atom is 0.166 e. The molecule has 0 bridgehead atoms. The van der Waals surface area contributed by atoms with E-state index in [4.69, 9.17) is 21.1 Å². The van der Waals surface area contributed by atoms with Gasteiger partial charge in [-0.1, -0.05) is 29.8 Å². The first-order valence-electron chi connectivity index (χ1n) is 6.94. The van der Waals surface area contributed by atoms with Gasteiger partial charge in [-0.3, -0.25) is 0 Å². The van der Waals surface area contributed by atoms with Crippen LogP contribution in [0.5, 0.6) is 11.5 Å². The molecular weight excluding hydrogens is 286 g/mol. The summed E-state index contributed by atoms with van der Waals surface area (Å²) >= 11 is 6.04. The Kier molecular flexibility index (Phi) is 5.34. The van der Waals surface area contributed by atoms with Gasteiger partial charge in [0.25, 0.3) is 0 Å². The minimum Gasteiger partial charge on any atom is -0.493 e. The van der Waals surface area contributed by atoms with Crippen molar-refractivity contribution in [2.24, 2.45) is 0 Å². The third kappa shape index (κ3) is 3.82. The summed E-state index contributed by atoms with van der Waals surface area (Å²) in [6.07, 6.45) is 0. The normalized spacial score (nSPS) is 10.3. The van der Waals surface area contributed by atoms with E-state index in [0.29, 0.717) is 13.2 Å². The summed E-state index contributed by atoms with van der Waals surface area (Å²) in [6, 6.07) is 11.7. The lowest BCUT2D eigenvalue weighted by Gasteiger charge is -2.16. The molecule has 2 aromatic rings. The summed E-state index contributed by atoms with van der Waals surface area (Å²) in [5.41, 5.74) is 3.23. The number of hydrogen-bond acceptors (Lipinski definition) is 3. The van der Waals surface area contributed by atoms with E-state index >= 15 is 0 Å². The Hall–Kier alpha value is -1.87. The van der Waals surface area contributed by atoms with Crippen LogP contribution in [0.15, 0.2) is 36.4 Å². The maximum absolute atomic E-state index is 6.04. The Balaban J connectivity index is 2.21. The zero-order valence-electron chi connectivity index (χ0n) is 12.6. The molecule has 0 saturated carbocycles. The number of para-hydroxylation sites is 1. The summed E-state index contributed by atoms with van der Waals surface area (Å²) in [7, 11) is 1.65. The predicted molar refractivity (Wildman–Crippen MR) is 87.7 cm³/mol. The van der Waals surface area contributed by atoms with Crippen molar-refractivity contribution < 1.29 is 9.47 Å². The fourth-order valence-electron chi connectivity index (χ4n) is 2.14. The number of halogens is 1. The van der Waals surface area contributed by atoms with Gasteiger partial charge in [-0.25, -0.2) is 0 Å². The average Bonchev–Trinajstić information content (AvgIpc) is 2.49. The zero-order chi connectivity index (χ0) is 15.2. The minimum absolute atomic E-state index is 0.601. The van der Waals surface area contributed by atoms with Crippen molar-refractivity contribution in [3.05, 3.63) is 52.5 Å². The van der Waals surface area contributed by atoms with Crippen LogP contribution in [0.2, 0.25) is 5.02 Å². The average molecular weight is 306 g/mol. The highest BCUT2D eigenvalue weighted by Crippen LogP contribution is 2.32. The van der Waals surface area contributed by atoms with Gasteiger partial charge in [0.1, 0.15) is 0 Å². The molecule has 112 valence electrons. The van der Waals surface area contributed by atoms with Gasteiger partial charge in [0, 0.05) is 22.8 Å². The number of nitrogens with one attached hydrogen (secondary N) is 1. The van der Waals surface area contributed by atoms with E-state index in [1.54, 1.807) is 7.11 Å². The van der Waals surface area contributed by atoms with Gasteiger partial charge in [0.05, 0.1) is 13.7 Å². The van der Waals surface area contributed by atoms with Crippen molar-refractivity contribution in [2.45, 2.75) is 20.4 Å². The highest BCUT2D eigenvalue weighted by atomic mass is 35.5. The molecule has 0 amide bonds. The number of ether oxygens (including phenoxy) is 2. The number of hydrogen-bond donors (Lipinski definition) is 1. The van der Waals surface area contributed by atoms with Gasteiger partial charge in [-0.15, -0.1) is 0 Å². The lowest BCUT2D eigenvalue weighted by atomic mass is 10.1. The molecule has 4 heteroatoms. The Morgan fingerprint density at radius 3 is 2.71 bits per heavy atom. The second-order valence-corrected chi connectivity index (χ2v) is 5.13. The zero-order valence-corrected chi connectivity index (χ0v) is 13.3. The molecule has 0 spiro atoms. The van der Waals surface area contributed by atoms with Crippen LogP contribution in [-0.4, -0.2) is 13.7 Å². The summed E-state index contributed by atoms with van der Waals surface area (Å²) < 4.78 is 11.1. The van der Waals surface area contributed by atoms with Gasteiger partial charge < -0.3 is 14.8 Å². The van der Waals surface area contributed by atoms with E-state index in [1.165, 1.54) is 0 Å². The van der Waals surface area contributed by atoms with Gasteiger partial charge in [0.15, 0.2) is 11.5 Å². The van der Waals surface area contributed by atoms with E-state index in [2.05, 4.69) is 5.32 Å². The van der Waals surface area contributed by atoms with Gasteiger partial charge in [-0.2, -0.15) is 0 Å². The SMILES string of the molecule is CCOc1c(CNc2cc(Cl)ccc2C)cccc1OC. The van der Waals surface area contributed by atoms with Crippen LogP contribution in [0.25, 0.3) is 0 Å². The van der Waals surface area contributed by atoms with Crippen molar-refractivity contribution in [3.8, 4) is 11.5 Å². The molecule has 0 saturated heterocycles. The van der Waals surface area contributed by atoms with E-state index in [-0.39, 0.29) is 0 Å². The van der Waals surface area contributed by atoms with Crippen molar-refractivity contribution in [1.82, 2.24) is 0 Å². The summed E-state index contributed by atoms with van der Waals surface area (Å²) in [6.45, 7) is 5.26. The molecule has 0 atom stereocenters. The number of aryl methyl sites for hydroxylation is 1. The summed E-state index contributed by atoms with van der Waals surface area (Å²) in [4.78, 5) is 0. The Bertz CT molecular complexity index is 614. The third-order valence-electron chi connectivity index (χ3n) is 3.24. The molecule has 0 aliphatic rings. The molecule has 0 aliphatic heterocycles. The predicted octanol–water partition coefficient (Wildman–Crippen LogP) is 4.67. The molecule has 1 N–H and O–H groups in total. The first-order valence-corrected chi connectivity index (χ1v) is 7.32. The molecule has 0 radical (unpaired) electrons. The molecule has 0 unspecified atom stereocenters. The van der Waals surface area contributed by atoms with Crippen molar-refractivity contribution in [2.75, 3.05) is 19.0 Å². The lowest BCUT2D eigenvalue weighted by Crippen LogP contribution is -2.05. The molecule has 3 nitrogen and oxygen atoms in total. The second-order valence-electron chi connectivity index (χ2n) is 4.69. The maximum atomic E-state index is 6.04. The molecule has 0 fully saturated rings. The molecule has 21 heavy (non-hydrogen) atoms. The largest absolute Gasteiger partial charge is 0.493 e. The topological polar surface area (TPSA) is 30.5 Å². The van der Waals surface area contributed by atoms with E-state index < -0.39 is 0 Å². The third-order valence-corrected chi connectivity index (χ3v) is 3.47. The number of anilines is 1. The van der Waals surface area contributed by atoms with Crippen LogP contribution in [0, 0.1) is 6.92 Å². The van der Waals surface area contributed by atoms with Crippen molar-refractivity contribution in [1.29, 1.82) is 0 Å². The number of benzene rings is 2. The quantitative estimate of drug-likeness (QED) is 0.841. The summed E-state index contributed by atoms with van der Waals surface area (Å²) in [5, 5.41) is 4.12. The van der Waals surface area contributed by atoms with Crippen LogP contribution >= 0.6 is 11.6 Å². The van der Waals surface area contributed by atoms with Crippen molar-refractivity contribution >= 4 is 17.3 Å². The van der Waals surface area contributed by atoms with E-state index in [0.717, 1.165) is 33.3 Å². The fraction of sp³-hybridized carbons (Fsp3) is 0.294. The molecule has 0 aliphatic carbocycles. The molecular formula is C17H20ClNO2. The Morgan fingerprint density at radius 2 is 2.00 bits per heavy atom. The van der Waals surface area contributed by atoms with E-state index in [1.807, 2.05) is 50.2 Å². The second kappa shape index (κ2) is 7.23. The molecule has 0 aromatic heterocycles. The summed E-state index contributed by atoms with van der Waals surface area (Å²) in [5.74, 6) is 1.54. The molecule has 2 aromatic carbocycles. The van der Waals surface area contributed by atoms with Crippen molar-refractivity contribution in [3.63, 3.8) is 0 Å². The highest BCUT2D eigenvalue weighted by Gasteiger charge is 2.10. The van der Waals surface area contributed by atoms with Crippen LogP contribution in [0.4, 0.5) is 5.69 Å². The molecule has 0 heterocycles. The fourth-order valence-corrected chi connectivity index (χ4v) is 2.32. The first kappa shape index (κ1) is 15.5. The lowest BCUT2D eigenvalue weighted by molar-refractivity contribution is 0.308. The Morgan fingerprint density at radius 1 is 1.19 bits per heavy atom.